The first-order valence-corrected chi connectivity index (χ1v) is 8.36. The van der Waals surface area contributed by atoms with E-state index >= 15 is 0 Å². The van der Waals surface area contributed by atoms with Crippen molar-refractivity contribution in [1.82, 2.24) is 10.2 Å². The van der Waals surface area contributed by atoms with Gasteiger partial charge >= 0.3 is 0 Å². The summed E-state index contributed by atoms with van der Waals surface area (Å²) in [6.45, 7) is 3.72. The average molecular weight is 296 g/mol. The van der Waals surface area contributed by atoms with E-state index < -0.39 is 0 Å². The highest BCUT2D eigenvalue weighted by molar-refractivity contribution is 7.07. The van der Waals surface area contributed by atoms with E-state index in [4.69, 9.17) is 0 Å². The number of nitrogens with zero attached hydrogens (tertiary/aromatic N) is 1. The third kappa shape index (κ3) is 5.61. The minimum Gasteiger partial charge on any atom is -0.393 e. The molecular formula is C15H24N2O2S. The SMILES string of the molecule is O=C(CCc1ccsc1)NCCCN1CCC(O)CC1. The molecule has 1 saturated heterocycles. The molecule has 1 aromatic heterocycles. The molecule has 2 rings (SSSR count). The van der Waals surface area contributed by atoms with Crippen LogP contribution in [0, 0.1) is 0 Å². The standard InChI is InChI=1S/C15H24N2O2S/c18-14-4-9-17(10-5-14)8-1-7-16-15(19)3-2-13-6-11-20-12-13/h6,11-12,14,18H,1-5,7-10H2,(H,16,19). The first-order valence-electron chi connectivity index (χ1n) is 7.42. The first-order chi connectivity index (χ1) is 9.74. The number of aryl methyl sites for hydroxylation is 1. The maximum absolute atomic E-state index is 11.7. The quantitative estimate of drug-likeness (QED) is 0.752. The number of thiophene rings is 1. The first kappa shape index (κ1) is 15.5. The Hall–Kier alpha value is -0.910. The van der Waals surface area contributed by atoms with E-state index in [0.717, 1.165) is 51.9 Å². The summed E-state index contributed by atoms with van der Waals surface area (Å²) < 4.78 is 0. The molecule has 0 bridgehead atoms. The lowest BCUT2D eigenvalue weighted by Gasteiger charge is -2.29. The molecule has 1 amide bonds. The Morgan fingerprint density at radius 1 is 1.45 bits per heavy atom. The van der Waals surface area contributed by atoms with Crippen molar-refractivity contribution in [2.24, 2.45) is 0 Å². The second-order valence-corrected chi connectivity index (χ2v) is 6.19. The molecule has 0 aliphatic carbocycles. The van der Waals surface area contributed by atoms with Crippen LogP contribution in [0.5, 0.6) is 0 Å². The van der Waals surface area contributed by atoms with Crippen molar-refractivity contribution in [3.63, 3.8) is 0 Å². The number of aliphatic hydroxyl groups excluding tert-OH is 1. The predicted octanol–water partition coefficient (Wildman–Crippen LogP) is 1.64. The minimum absolute atomic E-state index is 0.108. The molecule has 1 aromatic rings. The number of nitrogens with one attached hydrogen (secondary N) is 1. The third-order valence-corrected chi connectivity index (χ3v) is 4.48. The summed E-state index contributed by atoms with van der Waals surface area (Å²) in [5.41, 5.74) is 1.25. The third-order valence-electron chi connectivity index (χ3n) is 3.75. The lowest BCUT2D eigenvalue weighted by molar-refractivity contribution is -0.121. The van der Waals surface area contributed by atoms with E-state index in [-0.39, 0.29) is 12.0 Å². The van der Waals surface area contributed by atoms with Gasteiger partial charge in [0.15, 0.2) is 0 Å². The predicted molar refractivity (Wildman–Crippen MR) is 81.9 cm³/mol. The smallest absolute Gasteiger partial charge is 0.220 e. The summed E-state index contributed by atoms with van der Waals surface area (Å²) in [7, 11) is 0. The van der Waals surface area contributed by atoms with Gasteiger partial charge in [0.1, 0.15) is 0 Å². The molecule has 4 nitrogen and oxygen atoms in total. The summed E-state index contributed by atoms with van der Waals surface area (Å²) in [5, 5.41) is 16.5. The summed E-state index contributed by atoms with van der Waals surface area (Å²) in [4.78, 5) is 14.0. The van der Waals surface area contributed by atoms with Crippen molar-refractivity contribution in [2.45, 2.75) is 38.2 Å². The maximum atomic E-state index is 11.7. The number of hydrogen-bond donors (Lipinski definition) is 2. The van der Waals surface area contributed by atoms with E-state index in [1.54, 1.807) is 11.3 Å². The Morgan fingerprint density at radius 2 is 2.25 bits per heavy atom. The van der Waals surface area contributed by atoms with Crippen molar-refractivity contribution in [1.29, 1.82) is 0 Å². The number of aliphatic hydroxyl groups is 1. The Labute approximate surface area is 124 Å². The van der Waals surface area contributed by atoms with Crippen LogP contribution in [0.4, 0.5) is 0 Å². The Morgan fingerprint density at radius 3 is 2.95 bits per heavy atom. The fraction of sp³-hybridized carbons (Fsp3) is 0.667. The molecule has 5 heteroatoms. The van der Waals surface area contributed by atoms with Crippen LogP contribution >= 0.6 is 11.3 Å². The highest BCUT2D eigenvalue weighted by atomic mass is 32.1. The van der Waals surface area contributed by atoms with Crippen molar-refractivity contribution in [3.05, 3.63) is 22.4 Å². The second kappa shape index (κ2) is 8.39. The van der Waals surface area contributed by atoms with Gasteiger partial charge in [-0.1, -0.05) is 0 Å². The zero-order valence-electron chi connectivity index (χ0n) is 11.9. The van der Waals surface area contributed by atoms with Crippen LogP contribution in [0.1, 0.15) is 31.2 Å². The molecule has 2 heterocycles. The van der Waals surface area contributed by atoms with Gasteiger partial charge in [0.25, 0.3) is 0 Å². The van der Waals surface area contributed by atoms with Gasteiger partial charge in [0.05, 0.1) is 6.10 Å². The molecule has 1 aliphatic heterocycles. The summed E-state index contributed by atoms with van der Waals surface area (Å²) in [5.74, 6) is 0.144. The van der Waals surface area contributed by atoms with Crippen molar-refractivity contribution in [2.75, 3.05) is 26.2 Å². The molecule has 0 atom stereocenters. The normalized spacial score (nSPS) is 17.2. The van der Waals surface area contributed by atoms with E-state index in [0.29, 0.717) is 6.42 Å². The molecule has 2 N–H and O–H groups in total. The van der Waals surface area contributed by atoms with Gasteiger partial charge in [-0.25, -0.2) is 0 Å². The summed E-state index contributed by atoms with van der Waals surface area (Å²) >= 11 is 1.67. The number of carbonyl (C=O) groups is 1. The minimum atomic E-state index is -0.108. The molecule has 0 aromatic carbocycles. The molecular weight excluding hydrogens is 272 g/mol. The van der Waals surface area contributed by atoms with Crippen LogP contribution in [0.2, 0.25) is 0 Å². The van der Waals surface area contributed by atoms with Crippen LogP contribution in [0.3, 0.4) is 0 Å². The molecule has 0 saturated carbocycles. The summed E-state index contributed by atoms with van der Waals surface area (Å²) in [6, 6.07) is 2.07. The van der Waals surface area contributed by atoms with Gasteiger partial charge in [-0.05, 0) is 54.6 Å². The zero-order chi connectivity index (χ0) is 14.2. The molecule has 1 fully saturated rings. The van der Waals surface area contributed by atoms with Crippen molar-refractivity contribution in [3.8, 4) is 0 Å². The average Bonchev–Trinajstić information content (AvgIpc) is 2.96. The molecule has 0 spiro atoms. The molecule has 112 valence electrons. The van der Waals surface area contributed by atoms with E-state index in [1.807, 2.05) is 5.38 Å². The molecule has 20 heavy (non-hydrogen) atoms. The maximum Gasteiger partial charge on any atom is 0.220 e. The van der Waals surface area contributed by atoms with Gasteiger partial charge in [-0.3, -0.25) is 4.79 Å². The van der Waals surface area contributed by atoms with Crippen LogP contribution in [0.25, 0.3) is 0 Å². The Balaban J connectivity index is 1.49. The topological polar surface area (TPSA) is 52.6 Å². The van der Waals surface area contributed by atoms with Crippen LogP contribution < -0.4 is 5.32 Å². The summed E-state index contributed by atoms with van der Waals surface area (Å²) in [6.07, 6.45) is 4.05. The lowest BCUT2D eigenvalue weighted by atomic mass is 10.1. The van der Waals surface area contributed by atoms with E-state index in [9.17, 15) is 9.90 Å². The highest BCUT2D eigenvalue weighted by Gasteiger charge is 2.16. The van der Waals surface area contributed by atoms with Gasteiger partial charge in [0.2, 0.25) is 5.91 Å². The van der Waals surface area contributed by atoms with E-state index in [1.165, 1.54) is 5.56 Å². The Kier molecular flexibility index (Phi) is 6.50. The van der Waals surface area contributed by atoms with E-state index in [2.05, 4.69) is 21.7 Å². The van der Waals surface area contributed by atoms with Crippen LogP contribution in [0.15, 0.2) is 16.8 Å². The lowest BCUT2D eigenvalue weighted by Crippen LogP contribution is -2.37. The molecule has 1 aliphatic rings. The largest absolute Gasteiger partial charge is 0.393 e. The fourth-order valence-electron chi connectivity index (χ4n) is 2.45. The number of carbonyl (C=O) groups excluding carboxylic acids is 1. The van der Waals surface area contributed by atoms with Crippen LogP contribution in [-0.4, -0.2) is 48.2 Å². The number of amides is 1. The van der Waals surface area contributed by atoms with Crippen molar-refractivity contribution < 1.29 is 9.90 Å². The van der Waals surface area contributed by atoms with Crippen LogP contribution in [-0.2, 0) is 11.2 Å². The highest BCUT2D eigenvalue weighted by Crippen LogP contribution is 2.10. The van der Waals surface area contributed by atoms with Gasteiger partial charge < -0.3 is 15.3 Å². The van der Waals surface area contributed by atoms with Gasteiger partial charge in [0, 0.05) is 26.1 Å². The van der Waals surface area contributed by atoms with Gasteiger partial charge in [-0.15, -0.1) is 0 Å². The Bertz CT molecular complexity index is 387. The second-order valence-electron chi connectivity index (χ2n) is 5.41. The zero-order valence-corrected chi connectivity index (χ0v) is 12.7. The number of piperidine rings is 1. The monoisotopic (exact) mass is 296 g/mol. The fourth-order valence-corrected chi connectivity index (χ4v) is 3.16. The molecule has 0 radical (unpaired) electrons. The van der Waals surface area contributed by atoms with Gasteiger partial charge in [-0.2, -0.15) is 11.3 Å². The molecule has 0 unspecified atom stereocenters. The number of likely N-dealkylation sites (tertiary alicyclic amines) is 1. The number of rotatable bonds is 7. The number of hydrogen-bond acceptors (Lipinski definition) is 4. The van der Waals surface area contributed by atoms with Crippen molar-refractivity contribution >= 4 is 17.2 Å².